The maximum atomic E-state index is 15.0. The normalized spacial score (nSPS) is 14.4. The van der Waals surface area contributed by atoms with Crippen molar-refractivity contribution in [1.29, 1.82) is 0 Å². The molecule has 0 saturated heterocycles. The Hall–Kier alpha value is -3.35. The van der Waals surface area contributed by atoms with E-state index in [4.69, 9.17) is 10.5 Å². The minimum atomic E-state index is -3.77. The molecule has 2 amide bonds. The van der Waals surface area contributed by atoms with Gasteiger partial charge in [-0.05, 0) is 49.2 Å². The Bertz CT molecular complexity index is 1470. The molecule has 37 heavy (non-hydrogen) atoms. The van der Waals surface area contributed by atoms with Gasteiger partial charge in [-0.3, -0.25) is 9.59 Å². The molecule has 196 valence electrons. The van der Waals surface area contributed by atoms with Crippen LogP contribution in [0.3, 0.4) is 0 Å². The molecule has 2 heterocycles. The van der Waals surface area contributed by atoms with Gasteiger partial charge in [0.1, 0.15) is 23.1 Å². The Morgan fingerprint density at radius 3 is 2.73 bits per heavy atom. The molecule has 0 bridgehead atoms. The van der Waals surface area contributed by atoms with Crippen LogP contribution >= 0.6 is 11.3 Å². The van der Waals surface area contributed by atoms with E-state index in [1.54, 1.807) is 24.9 Å². The lowest BCUT2D eigenvalue weighted by Crippen LogP contribution is -2.33. The summed E-state index contributed by atoms with van der Waals surface area (Å²) in [4.78, 5) is 31.5. The fourth-order valence-corrected chi connectivity index (χ4v) is 5.59. The van der Waals surface area contributed by atoms with Crippen molar-refractivity contribution in [3.05, 3.63) is 59.0 Å². The summed E-state index contributed by atoms with van der Waals surface area (Å²) in [5.74, 6) is -1.00. The molecule has 0 radical (unpaired) electrons. The highest BCUT2D eigenvalue weighted by Gasteiger charge is 2.27. The van der Waals surface area contributed by atoms with E-state index in [0.717, 1.165) is 28.3 Å². The quantitative estimate of drug-likeness (QED) is 0.485. The van der Waals surface area contributed by atoms with Crippen LogP contribution in [-0.4, -0.2) is 55.6 Å². The predicted octanol–water partition coefficient (Wildman–Crippen LogP) is 3.24. The maximum absolute atomic E-state index is 15.0. The number of halogens is 1. The van der Waals surface area contributed by atoms with Gasteiger partial charge in [-0.25, -0.2) is 17.8 Å². The monoisotopic (exact) mass is 546 g/mol. The molecule has 2 aromatic carbocycles. The fourth-order valence-electron chi connectivity index (χ4n) is 4.01. The first-order chi connectivity index (χ1) is 17.5. The topological polar surface area (TPSA) is 132 Å². The van der Waals surface area contributed by atoms with Crippen molar-refractivity contribution in [2.45, 2.75) is 37.8 Å². The number of nitrogens with two attached hydrogens (primary N) is 1. The number of carbonyl (C=O) groups excluding carboxylic acids is 2. The highest BCUT2D eigenvalue weighted by Crippen LogP contribution is 2.34. The Balaban J connectivity index is 1.62. The van der Waals surface area contributed by atoms with Crippen LogP contribution in [0.4, 0.5) is 9.52 Å². The molecule has 0 aliphatic carbocycles. The zero-order chi connectivity index (χ0) is 26.9. The molecule has 1 atom stereocenters. The number of aromatic nitrogens is 1. The van der Waals surface area contributed by atoms with Crippen LogP contribution in [0.1, 0.15) is 35.3 Å². The van der Waals surface area contributed by atoms with Gasteiger partial charge in [0.15, 0.2) is 15.0 Å². The smallest absolute Gasteiger partial charge is 0.254 e. The molecule has 1 aliphatic heterocycles. The third kappa shape index (κ3) is 5.65. The number of rotatable bonds is 6. The molecule has 0 spiro atoms. The molecule has 3 aromatic rings. The van der Waals surface area contributed by atoms with Gasteiger partial charge in [-0.2, -0.15) is 0 Å². The molecule has 12 heteroatoms. The molecule has 9 nitrogen and oxygen atoms in total. The van der Waals surface area contributed by atoms with Crippen LogP contribution in [0.15, 0.2) is 41.4 Å². The predicted molar refractivity (Wildman–Crippen MR) is 139 cm³/mol. The van der Waals surface area contributed by atoms with Crippen LogP contribution in [0.25, 0.3) is 10.4 Å². The zero-order valence-electron chi connectivity index (χ0n) is 20.6. The van der Waals surface area contributed by atoms with Crippen LogP contribution in [0, 0.1) is 5.82 Å². The second-order valence-electron chi connectivity index (χ2n) is 8.73. The standard InChI is InChI=1S/C25H27FN4O5S2/c1-4-17-18(6-8-21(22(17)26)37(3,33)34)24(32)30-9-10-35-19-7-5-15(11-16(19)13-30)20-12-28-25(36-20)29-23(31)14(2)27/h5-8,11-12,14H,4,9-10,13,27H2,1-3H3,(H,28,29,31)/t14-/m0/s1. The number of nitrogens with zero attached hydrogens (tertiary/aromatic N) is 2. The lowest BCUT2D eigenvalue weighted by molar-refractivity contribution is -0.117. The molecule has 4 rings (SSSR count). The van der Waals surface area contributed by atoms with E-state index in [-0.39, 0.29) is 43.2 Å². The van der Waals surface area contributed by atoms with Crippen LogP contribution in [0.2, 0.25) is 0 Å². The molecule has 0 saturated carbocycles. The first-order valence-corrected chi connectivity index (χ1v) is 14.3. The van der Waals surface area contributed by atoms with E-state index in [1.807, 2.05) is 18.2 Å². The molecule has 1 aliphatic rings. The molecule has 0 unspecified atom stereocenters. The number of anilines is 1. The largest absolute Gasteiger partial charge is 0.491 e. The average molecular weight is 547 g/mol. The van der Waals surface area contributed by atoms with E-state index >= 15 is 4.39 Å². The van der Waals surface area contributed by atoms with Crippen molar-refractivity contribution in [3.8, 4) is 16.2 Å². The van der Waals surface area contributed by atoms with Crippen LogP contribution in [0.5, 0.6) is 5.75 Å². The first kappa shape index (κ1) is 26.7. The third-order valence-corrected chi connectivity index (χ3v) is 8.03. The lowest BCUT2D eigenvalue weighted by atomic mass is 10.0. The molecule has 1 aromatic heterocycles. The highest BCUT2D eigenvalue weighted by atomic mass is 32.2. The van der Waals surface area contributed by atoms with Gasteiger partial charge in [0, 0.05) is 35.7 Å². The SMILES string of the molecule is CCc1c(C(=O)N2CCOc3ccc(-c4cnc(NC(=O)[C@H](C)N)s4)cc3C2)ccc(S(C)(=O)=O)c1F. The summed E-state index contributed by atoms with van der Waals surface area (Å²) in [5.41, 5.74) is 7.37. The summed E-state index contributed by atoms with van der Waals surface area (Å²) >= 11 is 1.29. The number of thiazole rings is 1. The van der Waals surface area contributed by atoms with Gasteiger partial charge in [-0.15, -0.1) is 0 Å². The molecular formula is C25H27FN4O5S2. The van der Waals surface area contributed by atoms with Gasteiger partial charge in [0.05, 0.1) is 17.5 Å². The lowest BCUT2D eigenvalue weighted by Gasteiger charge is -2.22. The molecule has 0 fully saturated rings. The van der Waals surface area contributed by atoms with Crippen LogP contribution < -0.4 is 15.8 Å². The fraction of sp³-hybridized carbons (Fsp3) is 0.320. The zero-order valence-corrected chi connectivity index (χ0v) is 22.2. The first-order valence-electron chi connectivity index (χ1n) is 11.6. The summed E-state index contributed by atoms with van der Waals surface area (Å²) < 4.78 is 44.8. The van der Waals surface area contributed by atoms with Crippen molar-refractivity contribution in [1.82, 2.24) is 9.88 Å². The summed E-state index contributed by atoms with van der Waals surface area (Å²) in [6.45, 7) is 4.00. The molecular weight excluding hydrogens is 519 g/mol. The second kappa shape index (κ2) is 10.6. The number of hydrogen-bond donors (Lipinski definition) is 2. The van der Waals surface area contributed by atoms with E-state index in [1.165, 1.54) is 17.4 Å². The highest BCUT2D eigenvalue weighted by molar-refractivity contribution is 7.90. The number of carbonyl (C=O) groups is 2. The van der Waals surface area contributed by atoms with E-state index < -0.39 is 32.5 Å². The van der Waals surface area contributed by atoms with Crippen molar-refractivity contribution >= 4 is 38.1 Å². The number of benzene rings is 2. The maximum Gasteiger partial charge on any atom is 0.254 e. The Kier molecular flexibility index (Phi) is 7.62. The number of hydrogen-bond acceptors (Lipinski definition) is 8. The number of fused-ring (bicyclic) bond motifs is 1. The van der Waals surface area contributed by atoms with Gasteiger partial charge in [-0.1, -0.05) is 18.3 Å². The summed E-state index contributed by atoms with van der Waals surface area (Å²) in [6.07, 6.45) is 2.74. The van der Waals surface area contributed by atoms with Gasteiger partial charge in [0.25, 0.3) is 5.91 Å². The number of sulfone groups is 1. The van der Waals surface area contributed by atoms with Crippen molar-refractivity contribution < 1.29 is 27.1 Å². The van der Waals surface area contributed by atoms with Gasteiger partial charge < -0.3 is 20.7 Å². The van der Waals surface area contributed by atoms with Crippen molar-refractivity contribution in [2.24, 2.45) is 5.73 Å². The Morgan fingerprint density at radius 1 is 1.30 bits per heavy atom. The Labute approximate surface area is 218 Å². The van der Waals surface area contributed by atoms with Crippen molar-refractivity contribution in [3.63, 3.8) is 0 Å². The van der Waals surface area contributed by atoms with Crippen LogP contribution in [-0.2, 0) is 27.6 Å². The van der Waals surface area contributed by atoms with E-state index in [0.29, 0.717) is 10.9 Å². The molecule has 3 N–H and O–H groups in total. The number of ether oxygens (including phenoxy) is 1. The van der Waals surface area contributed by atoms with E-state index in [9.17, 15) is 18.0 Å². The van der Waals surface area contributed by atoms with Crippen molar-refractivity contribution in [2.75, 3.05) is 24.7 Å². The minimum absolute atomic E-state index is 0.0677. The van der Waals surface area contributed by atoms with Gasteiger partial charge in [0.2, 0.25) is 5.91 Å². The second-order valence-corrected chi connectivity index (χ2v) is 11.7. The third-order valence-electron chi connectivity index (χ3n) is 5.95. The summed E-state index contributed by atoms with van der Waals surface area (Å²) in [6, 6.07) is 7.43. The average Bonchev–Trinajstić information content (AvgIpc) is 3.20. The van der Waals surface area contributed by atoms with Gasteiger partial charge >= 0.3 is 0 Å². The number of amides is 2. The number of nitrogens with one attached hydrogen (secondary N) is 1. The summed E-state index contributed by atoms with van der Waals surface area (Å²) in [5, 5.41) is 3.09. The Morgan fingerprint density at radius 2 is 2.05 bits per heavy atom. The minimum Gasteiger partial charge on any atom is -0.491 e. The summed E-state index contributed by atoms with van der Waals surface area (Å²) in [7, 11) is -3.77. The van der Waals surface area contributed by atoms with E-state index in [2.05, 4.69) is 10.3 Å².